The fourth-order valence-electron chi connectivity index (χ4n) is 1.79. The summed E-state index contributed by atoms with van der Waals surface area (Å²) in [5, 5.41) is 3.01. The molecule has 0 saturated heterocycles. The number of amides is 1. The van der Waals surface area contributed by atoms with Crippen molar-refractivity contribution in [1.29, 1.82) is 0 Å². The molecule has 0 aliphatic rings. The van der Waals surface area contributed by atoms with Crippen LogP contribution in [0.25, 0.3) is 6.08 Å². The summed E-state index contributed by atoms with van der Waals surface area (Å²) in [5.41, 5.74) is 0.581. The third-order valence-corrected chi connectivity index (χ3v) is 2.95. The van der Waals surface area contributed by atoms with Crippen molar-refractivity contribution in [2.75, 3.05) is 6.61 Å². The molecular formula is C18H27NO2. The summed E-state index contributed by atoms with van der Waals surface area (Å²) in [6.07, 6.45) is 4.16. The monoisotopic (exact) mass is 289 g/mol. The molecule has 1 N–H and O–H groups in total. The van der Waals surface area contributed by atoms with E-state index in [1.165, 1.54) is 0 Å². The quantitative estimate of drug-likeness (QED) is 0.809. The first kappa shape index (κ1) is 17.4. The largest absolute Gasteiger partial charge is 0.376 e. The molecule has 0 bridgehead atoms. The maximum absolute atomic E-state index is 12.0. The molecule has 1 rings (SSSR count). The highest BCUT2D eigenvalue weighted by atomic mass is 16.5. The van der Waals surface area contributed by atoms with E-state index in [9.17, 15) is 4.79 Å². The van der Waals surface area contributed by atoms with Crippen molar-refractivity contribution in [3.05, 3.63) is 42.0 Å². The van der Waals surface area contributed by atoms with E-state index >= 15 is 0 Å². The smallest absolute Gasteiger partial charge is 0.244 e. The number of carbonyl (C=O) groups excluding carboxylic acids is 1. The standard InChI is InChI=1S/C18H27NO2/c1-17(2,3)21-14-13-18(4,5)19-16(20)12-11-15-9-7-6-8-10-15/h6-12H,13-14H2,1-5H3,(H,19,20). The third kappa shape index (κ3) is 8.30. The summed E-state index contributed by atoms with van der Waals surface area (Å²) < 4.78 is 5.71. The molecule has 1 amide bonds. The van der Waals surface area contributed by atoms with Crippen LogP contribution in [-0.4, -0.2) is 23.7 Å². The zero-order valence-corrected chi connectivity index (χ0v) is 13.8. The van der Waals surface area contributed by atoms with Crippen LogP contribution in [0.5, 0.6) is 0 Å². The Kier molecular flexibility index (Phi) is 6.16. The topological polar surface area (TPSA) is 38.3 Å². The van der Waals surface area contributed by atoms with Crippen molar-refractivity contribution < 1.29 is 9.53 Å². The van der Waals surface area contributed by atoms with Crippen LogP contribution in [0.2, 0.25) is 0 Å². The van der Waals surface area contributed by atoms with Crippen molar-refractivity contribution in [2.45, 2.75) is 52.2 Å². The minimum atomic E-state index is -0.288. The zero-order valence-electron chi connectivity index (χ0n) is 13.8. The van der Waals surface area contributed by atoms with Crippen molar-refractivity contribution in [2.24, 2.45) is 0 Å². The Hall–Kier alpha value is -1.61. The molecule has 0 unspecified atom stereocenters. The highest BCUT2D eigenvalue weighted by Crippen LogP contribution is 2.13. The molecule has 0 radical (unpaired) electrons. The molecular weight excluding hydrogens is 262 g/mol. The number of hydrogen-bond donors (Lipinski definition) is 1. The molecule has 116 valence electrons. The van der Waals surface area contributed by atoms with Gasteiger partial charge in [0.15, 0.2) is 0 Å². The minimum absolute atomic E-state index is 0.0837. The van der Waals surface area contributed by atoms with Gasteiger partial charge in [0.2, 0.25) is 5.91 Å². The van der Waals surface area contributed by atoms with E-state index in [1.54, 1.807) is 6.08 Å². The van der Waals surface area contributed by atoms with Crippen LogP contribution in [-0.2, 0) is 9.53 Å². The van der Waals surface area contributed by atoms with Gasteiger partial charge in [0.05, 0.1) is 5.60 Å². The van der Waals surface area contributed by atoms with E-state index in [0.717, 1.165) is 12.0 Å². The van der Waals surface area contributed by atoms with Gasteiger partial charge in [-0.2, -0.15) is 0 Å². The fraction of sp³-hybridized carbons (Fsp3) is 0.500. The van der Waals surface area contributed by atoms with Crippen LogP contribution < -0.4 is 5.32 Å². The zero-order chi connectivity index (χ0) is 15.9. The van der Waals surface area contributed by atoms with Crippen LogP contribution in [0, 0.1) is 0 Å². The summed E-state index contributed by atoms with van der Waals surface area (Å²) in [7, 11) is 0. The van der Waals surface area contributed by atoms with E-state index in [0.29, 0.717) is 6.61 Å². The maximum atomic E-state index is 12.0. The Balaban J connectivity index is 2.43. The second kappa shape index (κ2) is 7.41. The summed E-state index contributed by atoms with van der Waals surface area (Å²) in [6.45, 7) is 10.7. The molecule has 21 heavy (non-hydrogen) atoms. The molecule has 0 saturated carbocycles. The number of benzene rings is 1. The Morgan fingerprint density at radius 2 is 1.76 bits per heavy atom. The number of carbonyl (C=O) groups is 1. The van der Waals surface area contributed by atoms with Crippen LogP contribution >= 0.6 is 0 Å². The molecule has 1 aromatic rings. The van der Waals surface area contributed by atoms with Crippen molar-refractivity contribution in [3.63, 3.8) is 0 Å². The number of hydrogen-bond acceptors (Lipinski definition) is 2. The lowest BCUT2D eigenvalue weighted by atomic mass is 10.0. The van der Waals surface area contributed by atoms with Gasteiger partial charge in [-0.25, -0.2) is 0 Å². The van der Waals surface area contributed by atoms with E-state index in [1.807, 2.05) is 71.0 Å². The molecule has 0 aliphatic heterocycles. The van der Waals surface area contributed by atoms with Gasteiger partial charge in [0.1, 0.15) is 0 Å². The summed E-state index contributed by atoms with van der Waals surface area (Å²) >= 11 is 0. The SMILES string of the molecule is CC(C)(CCOC(C)(C)C)NC(=O)C=Cc1ccccc1. The normalized spacial score (nSPS) is 12.6. The highest BCUT2D eigenvalue weighted by molar-refractivity contribution is 5.92. The first-order valence-electron chi connectivity index (χ1n) is 7.37. The van der Waals surface area contributed by atoms with E-state index < -0.39 is 0 Å². The van der Waals surface area contributed by atoms with Crippen molar-refractivity contribution in [3.8, 4) is 0 Å². The van der Waals surface area contributed by atoms with Gasteiger partial charge >= 0.3 is 0 Å². The lowest BCUT2D eigenvalue weighted by Crippen LogP contribution is -2.43. The van der Waals surface area contributed by atoms with Crippen LogP contribution in [0.4, 0.5) is 0 Å². The molecule has 0 heterocycles. The summed E-state index contributed by atoms with van der Waals surface area (Å²) in [6, 6.07) is 9.78. The Bertz CT molecular complexity index is 470. The second-order valence-corrected chi connectivity index (χ2v) is 6.83. The molecule has 1 aromatic carbocycles. The first-order chi connectivity index (χ1) is 9.68. The van der Waals surface area contributed by atoms with Crippen molar-refractivity contribution >= 4 is 12.0 Å². The predicted molar refractivity (Wildman–Crippen MR) is 88.0 cm³/mol. The van der Waals surface area contributed by atoms with Gasteiger partial charge in [-0.05, 0) is 52.7 Å². The van der Waals surface area contributed by atoms with Crippen LogP contribution in [0.3, 0.4) is 0 Å². The summed E-state index contributed by atoms with van der Waals surface area (Å²) in [5.74, 6) is -0.0837. The Morgan fingerprint density at radius 3 is 2.33 bits per heavy atom. The van der Waals surface area contributed by atoms with Gasteiger partial charge in [0.25, 0.3) is 0 Å². The predicted octanol–water partition coefficient (Wildman–Crippen LogP) is 3.80. The van der Waals surface area contributed by atoms with Crippen LogP contribution in [0.15, 0.2) is 36.4 Å². The van der Waals surface area contributed by atoms with Gasteiger partial charge in [0, 0.05) is 18.2 Å². The average Bonchev–Trinajstić information content (AvgIpc) is 2.35. The highest BCUT2D eigenvalue weighted by Gasteiger charge is 2.20. The molecule has 0 atom stereocenters. The van der Waals surface area contributed by atoms with E-state index in [-0.39, 0.29) is 17.0 Å². The summed E-state index contributed by atoms with van der Waals surface area (Å²) in [4.78, 5) is 12.0. The van der Waals surface area contributed by atoms with Gasteiger partial charge < -0.3 is 10.1 Å². The van der Waals surface area contributed by atoms with Gasteiger partial charge in [-0.1, -0.05) is 30.3 Å². The molecule has 0 aliphatic carbocycles. The Labute approximate surface area is 128 Å². The van der Waals surface area contributed by atoms with Crippen LogP contribution in [0.1, 0.15) is 46.6 Å². The van der Waals surface area contributed by atoms with Gasteiger partial charge in [-0.3, -0.25) is 4.79 Å². The molecule has 0 fully saturated rings. The maximum Gasteiger partial charge on any atom is 0.244 e. The van der Waals surface area contributed by atoms with Gasteiger partial charge in [-0.15, -0.1) is 0 Å². The average molecular weight is 289 g/mol. The minimum Gasteiger partial charge on any atom is -0.376 e. The molecule has 3 heteroatoms. The molecule has 0 aromatic heterocycles. The fourth-order valence-corrected chi connectivity index (χ4v) is 1.79. The lowest BCUT2D eigenvalue weighted by Gasteiger charge is -2.28. The second-order valence-electron chi connectivity index (χ2n) is 6.83. The third-order valence-electron chi connectivity index (χ3n) is 2.95. The van der Waals surface area contributed by atoms with E-state index in [2.05, 4.69) is 5.32 Å². The molecule has 0 spiro atoms. The van der Waals surface area contributed by atoms with E-state index in [4.69, 9.17) is 4.74 Å². The molecule has 3 nitrogen and oxygen atoms in total. The number of nitrogens with one attached hydrogen (secondary N) is 1. The van der Waals surface area contributed by atoms with Crippen molar-refractivity contribution in [1.82, 2.24) is 5.32 Å². The lowest BCUT2D eigenvalue weighted by molar-refractivity contribution is -0.118. The number of ether oxygens (including phenoxy) is 1. The first-order valence-corrected chi connectivity index (χ1v) is 7.37. The Morgan fingerprint density at radius 1 is 1.14 bits per heavy atom. The number of rotatable bonds is 6.